The molecule has 0 bridgehead atoms. The average molecular weight is 550 g/mol. The fourth-order valence-corrected chi connectivity index (χ4v) is 6.95. The van der Waals surface area contributed by atoms with Crippen molar-refractivity contribution in [3.05, 3.63) is 65.2 Å². The molecule has 0 spiro atoms. The molecule has 4 atom stereocenters. The van der Waals surface area contributed by atoms with E-state index < -0.39 is 18.1 Å². The predicted octanol–water partition coefficient (Wildman–Crippen LogP) is 5.49. The molecule has 2 N–H and O–H groups in total. The predicted molar refractivity (Wildman–Crippen MR) is 158 cm³/mol. The number of hydrogen-bond donors (Lipinski definition) is 2. The van der Waals surface area contributed by atoms with Crippen molar-refractivity contribution in [3.63, 3.8) is 0 Å². The molecular weight excluding hydrogens is 502 g/mol. The number of aliphatic carboxylic acids is 1. The summed E-state index contributed by atoms with van der Waals surface area (Å²) in [7, 11) is 5.77. The third-order valence-electron chi connectivity index (χ3n) is 8.64. The lowest BCUT2D eigenvalue weighted by Gasteiger charge is -2.36. The van der Waals surface area contributed by atoms with Crippen LogP contribution >= 0.6 is 0 Å². The number of carbonyl (C=O) groups is 2. The molecule has 1 aliphatic carbocycles. The normalized spacial score (nSPS) is 23.9. The summed E-state index contributed by atoms with van der Waals surface area (Å²) >= 11 is 0. The number of likely N-dealkylation sites (tertiary alicyclic amines) is 1. The molecule has 0 radical (unpaired) electrons. The first kappa shape index (κ1) is 30.1. The lowest BCUT2D eigenvalue weighted by molar-refractivity contribution is -0.154. The largest absolute Gasteiger partial charge is 0.496 e. The van der Waals surface area contributed by atoms with Gasteiger partial charge in [0, 0.05) is 36.5 Å². The minimum absolute atomic E-state index is 0.00920. The zero-order valence-electron chi connectivity index (χ0n) is 25.0. The summed E-state index contributed by atoms with van der Waals surface area (Å²) in [5, 5.41) is 14.5. The van der Waals surface area contributed by atoms with Gasteiger partial charge in [-0.1, -0.05) is 76.4 Å². The van der Waals surface area contributed by atoms with Gasteiger partial charge in [-0.2, -0.15) is 0 Å². The number of benzene rings is 2. The minimum atomic E-state index is -0.931. The maximum Gasteiger partial charge on any atom is 0.326 e. The first-order valence-electron chi connectivity index (χ1n) is 14.7. The highest BCUT2D eigenvalue weighted by molar-refractivity contribution is 5.87. The van der Waals surface area contributed by atoms with E-state index in [9.17, 15) is 14.7 Å². The fraction of sp³-hybridized carbons (Fsp3) is 0.576. The number of carboxylic acid groups (broad SMARTS) is 1. The Morgan fingerprint density at radius 1 is 1.05 bits per heavy atom. The highest BCUT2D eigenvalue weighted by atomic mass is 16.5. The monoisotopic (exact) mass is 549 g/mol. The fourth-order valence-electron chi connectivity index (χ4n) is 6.95. The van der Waals surface area contributed by atoms with Gasteiger partial charge in [-0.15, -0.1) is 0 Å². The van der Waals surface area contributed by atoms with Crippen molar-refractivity contribution >= 4 is 11.9 Å². The first-order chi connectivity index (χ1) is 19.0. The van der Waals surface area contributed by atoms with E-state index in [0.717, 1.165) is 55.5 Å². The Bertz CT molecular complexity index is 1150. The SMILES string of the molecule is COc1ccc(CN(C)C)cc1CN[C@H]1[C@H](C(C)(C)C)[C@@H](C(=O)O)N(C(=O)C2CCCCC2)[C@H]1c1ccccc1. The van der Waals surface area contributed by atoms with Gasteiger partial charge < -0.3 is 25.0 Å². The van der Waals surface area contributed by atoms with Crippen LogP contribution in [-0.4, -0.2) is 60.1 Å². The van der Waals surface area contributed by atoms with Crippen LogP contribution in [0.2, 0.25) is 0 Å². The van der Waals surface area contributed by atoms with Gasteiger partial charge in [0.1, 0.15) is 11.8 Å². The molecule has 1 saturated heterocycles. The van der Waals surface area contributed by atoms with E-state index in [0.29, 0.717) is 6.54 Å². The van der Waals surface area contributed by atoms with Crippen LogP contribution in [0.15, 0.2) is 48.5 Å². The Morgan fingerprint density at radius 3 is 2.30 bits per heavy atom. The molecule has 4 rings (SSSR count). The molecule has 7 nitrogen and oxygen atoms in total. The molecule has 1 amide bonds. The standard InChI is InChI=1S/C33H47N3O4/c1-33(2,3)27-28(34-20-25-19-22(21-35(4)5)17-18-26(25)40-6)29(23-13-9-7-10-14-23)36(30(27)32(38)39)31(37)24-15-11-8-12-16-24/h7,9-10,13-14,17-19,24,27-30,34H,8,11-12,15-16,20-21H2,1-6H3,(H,38,39)/t27-,28-,29-,30-/m0/s1. The van der Waals surface area contributed by atoms with E-state index in [1.807, 2.05) is 50.5 Å². The van der Waals surface area contributed by atoms with Gasteiger partial charge in [-0.05, 0) is 55.6 Å². The lowest BCUT2D eigenvalue weighted by Crippen LogP contribution is -2.49. The topological polar surface area (TPSA) is 82.1 Å². The first-order valence-corrected chi connectivity index (χ1v) is 14.7. The molecule has 2 aromatic carbocycles. The maximum absolute atomic E-state index is 14.2. The van der Waals surface area contributed by atoms with E-state index >= 15 is 0 Å². The second kappa shape index (κ2) is 12.7. The number of carbonyl (C=O) groups excluding carboxylic acids is 1. The number of nitrogens with one attached hydrogen (secondary N) is 1. The lowest BCUT2D eigenvalue weighted by atomic mass is 9.72. The van der Waals surface area contributed by atoms with Crippen LogP contribution in [-0.2, 0) is 22.7 Å². The molecule has 7 heteroatoms. The third-order valence-corrected chi connectivity index (χ3v) is 8.64. The number of rotatable bonds is 9. The second-order valence-corrected chi connectivity index (χ2v) is 12.9. The Kier molecular flexibility index (Phi) is 9.57. The molecule has 2 aromatic rings. The molecule has 1 aliphatic heterocycles. The molecule has 40 heavy (non-hydrogen) atoms. The molecule has 2 fully saturated rings. The van der Waals surface area contributed by atoms with Gasteiger partial charge >= 0.3 is 5.97 Å². The van der Waals surface area contributed by atoms with E-state index in [2.05, 4.69) is 43.1 Å². The second-order valence-electron chi connectivity index (χ2n) is 12.9. The summed E-state index contributed by atoms with van der Waals surface area (Å²) in [6.07, 6.45) is 4.84. The molecule has 218 valence electrons. The van der Waals surface area contributed by atoms with Crippen LogP contribution in [0.5, 0.6) is 5.75 Å². The summed E-state index contributed by atoms with van der Waals surface area (Å²) < 4.78 is 5.71. The van der Waals surface area contributed by atoms with Crippen LogP contribution in [0.25, 0.3) is 0 Å². The highest BCUT2D eigenvalue weighted by Gasteiger charge is 2.58. The molecule has 0 aromatic heterocycles. The van der Waals surface area contributed by atoms with Crippen molar-refractivity contribution in [2.45, 2.75) is 84.1 Å². The quantitative estimate of drug-likeness (QED) is 0.430. The summed E-state index contributed by atoms with van der Waals surface area (Å²) in [6.45, 7) is 7.59. The number of amides is 1. The average Bonchev–Trinajstić information content (AvgIpc) is 3.28. The Morgan fingerprint density at radius 2 is 1.73 bits per heavy atom. The molecular formula is C33H47N3O4. The summed E-state index contributed by atoms with van der Waals surface area (Å²) in [4.78, 5) is 31.2. The zero-order chi connectivity index (χ0) is 29.0. The Labute approximate surface area is 239 Å². The highest BCUT2D eigenvalue weighted by Crippen LogP contribution is 2.49. The van der Waals surface area contributed by atoms with E-state index in [4.69, 9.17) is 4.74 Å². The Balaban J connectivity index is 1.78. The van der Waals surface area contributed by atoms with Gasteiger partial charge in [-0.3, -0.25) is 4.79 Å². The van der Waals surface area contributed by atoms with Crippen LogP contribution in [0, 0.1) is 17.3 Å². The zero-order valence-corrected chi connectivity index (χ0v) is 25.0. The number of methoxy groups -OCH3 is 1. The smallest absolute Gasteiger partial charge is 0.326 e. The number of carboxylic acids is 1. The summed E-state index contributed by atoms with van der Waals surface area (Å²) in [5.41, 5.74) is 2.80. The van der Waals surface area contributed by atoms with Gasteiger partial charge in [0.05, 0.1) is 13.2 Å². The van der Waals surface area contributed by atoms with E-state index in [1.54, 1.807) is 12.0 Å². The summed E-state index contributed by atoms with van der Waals surface area (Å²) in [6, 6.07) is 14.6. The van der Waals surface area contributed by atoms with Crippen LogP contribution in [0.1, 0.15) is 75.6 Å². The number of ether oxygens (including phenoxy) is 1. The molecule has 2 aliphatic rings. The minimum Gasteiger partial charge on any atom is -0.496 e. The molecule has 0 unspecified atom stereocenters. The van der Waals surface area contributed by atoms with Crippen molar-refractivity contribution in [3.8, 4) is 5.75 Å². The van der Waals surface area contributed by atoms with Crippen molar-refractivity contribution in [1.82, 2.24) is 15.1 Å². The van der Waals surface area contributed by atoms with E-state index in [-0.39, 0.29) is 29.2 Å². The molecule has 1 heterocycles. The van der Waals surface area contributed by atoms with Crippen molar-refractivity contribution in [2.24, 2.45) is 17.3 Å². The number of nitrogens with zero attached hydrogens (tertiary/aromatic N) is 2. The van der Waals surface area contributed by atoms with Crippen molar-refractivity contribution < 1.29 is 19.4 Å². The van der Waals surface area contributed by atoms with Gasteiger partial charge in [-0.25, -0.2) is 4.79 Å². The van der Waals surface area contributed by atoms with Gasteiger partial charge in [0.2, 0.25) is 5.91 Å². The van der Waals surface area contributed by atoms with Gasteiger partial charge in [0.15, 0.2) is 0 Å². The van der Waals surface area contributed by atoms with Crippen LogP contribution in [0.4, 0.5) is 0 Å². The third kappa shape index (κ3) is 6.52. The van der Waals surface area contributed by atoms with Crippen LogP contribution in [0.3, 0.4) is 0 Å². The Hall–Kier alpha value is -2.90. The van der Waals surface area contributed by atoms with Gasteiger partial charge in [0.25, 0.3) is 0 Å². The summed E-state index contributed by atoms with van der Waals surface area (Å²) in [5.74, 6) is -0.575. The molecule has 1 saturated carbocycles. The van der Waals surface area contributed by atoms with Crippen molar-refractivity contribution in [2.75, 3.05) is 21.2 Å². The number of hydrogen-bond acceptors (Lipinski definition) is 5. The van der Waals surface area contributed by atoms with Crippen molar-refractivity contribution in [1.29, 1.82) is 0 Å². The maximum atomic E-state index is 14.2. The van der Waals surface area contributed by atoms with Crippen LogP contribution < -0.4 is 10.1 Å². The van der Waals surface area contributed by atoms with E-state index in [1.165, 1.54) is 5.56 Å².